The molecule has 0 atom stereocenters. The van der Waals surface area contributed by atoms with E-state index in [1.54, 1.807) is 0 Å². The van der Waals surface area contributed by atoms with Gasteiger partial charge in [0.25, 0.3) is 0 Å². The van der Waals surface area contributed by atoms with Crippen LogP contribution in [0.25, 0.3) is 10.9 Å². The van der Waals surface area contributed by atoms with Crippen LogP contribution < -0.4 is 9.64 Å². The van der Waals surface area contributed by atoms with Crippen molar-refractivity contribution in [1.29, 1.82) is 0 Å². The first-order valence-corrected chi connectivity index (χ1v) is 9.00. The Hall–Kier alpha value is -2.66. The van der Waals surface area contributed by atoms with Crippen LogP contribution in [-0.4, -0.2) is 35.7 Å². The average Bonchev–Trinajstić information content (AvgIpc) is 2.69. The highest BCUT2D eigenvalue weighted by atomic mass is 35.5. The summed E-state index contributed by atoms with van der Waals surface area (Å²) in [7, 11) is 0. The number of hydrogen-bond acceptors (Lipinski definition) is 5. The molecular formula is C20H18ClN3O2. The Balaban J connectivity index is 1.48. The van der Waals surface area contributed by atoms with Crippen LogP contribution >= 0.6 is 11.6 Å². The monoisotopic (exact) mass is 367 g/mol. The van der Waals surface area contributed by atoms with Crippen LogP contribution in [0.15, 0.2) is 48.5 Å². The quantitative estimate of drug-likeness (QED) is 0.648. The first-order valence-electron chi connectivity index (χ1n) is 8.62. The third kappa shape index (κ3) is 3.35. The number of carbonyl (C=O) groups is 1. The van der Waals surface area contributed by atoms with Crippen molar-refractivity contribution in [2.45, 2.75) is 18.9 Å². The molecule has 4 rings (SSSR count). The number of hydrogen-bond donors (Lipinski definition) is 0. The van der Waals surface area contributed by atoms with Crippen molar-refractivity contribution in [1.82, 2.24) is 10.2 Å². The van der Waals surface area contributed by atoms with Crippen molar-refractivity contribution in [3.8, 4) is 5.75 Å². The van der Waals surface area contributed by atoms with Gasteiger partial charge in [0.05, 0.1) is 11.1 Å². The molecule has 0 bridgehead atoms. The van der Waals surface area contributed by atoms with E-state index in [0.717, 1.165) is 48.9 Å². The molecule has 0 aliphatic carbocycles. The molecule has 0 unspecified atom stereocenters. The molecule has 1 saturated heterocycles. The topological polar surface area (TPSA) is 55.3 Å². The fourth-order valence-corrected chi connectivity index (χ4v) is 3.43. The fourth-order valence-electron chi connectivity index (χ4n) is 3.30. The molecule has 132 valence electrons. The van der Waals surface area contributed by atoms with Gasteiger partial charge in [0, 0.05) is 36.3 Å². The predicted molar refractivity (Wildman–Crippen MR) is 102 cm³/mol. The molecule has 0 spiro atoms. The van der Waals surface area contributed by atoms with E-state index in [4.69, 9.17) is 16.3 Å². The molecule has 0 radical (unpaired) electrons. The zero-order valence-corrected chi connectivity index (χ0v) is 14.9. The largest absolute Gasteiger partial charge is 0.490 e. The van der Waals surface area contributed by atoms with Crippen molar-refractivity contribution < 1.29 is 9.53 Å². The number of halogens is 1. The maximum absolute atomic E-state index is 11.7. The van der Waals surface area contributed by atoms with E-state index in [1.807, 2.05) is 48.5 Å². The molecule has 1 fully saturated rings. The lowest BCUT2D eigenvalue weighted by molar-refractivity contribution is 0.112. The SMILES string of the molecule is O=Cc1c(N2CCC(Oc3ccc(Cl)cc3)CC2)nnc2ccccc12. The first-order chi connectivity index (χ1) is 12.7. The third-order valence-corrected chi connectivity index (χ3v) is 4.92. The zero-order valence-electron chi connectivity index (χ0n) is 14.1. The molecule has 0 N–H and O–H groups in total. The van der Waals surface area contributed by atoms with Crippen molar-refractivity contribution in [2.75, 3.05) is 18.0 Å². The van der Waals surface area contributed by atoms with Crippen LogP contribution in [-0.2, 0) is 0 Å². The summed E-state index contributed by atoms with van der Waals surface area (Å²) in [6.07, 6.45) is 2.73. The highest BCUT2D eigenvalue weighted by molar-refractivity contribution is 6.30. The minimum atomic E-state index is 0.139. The molecule has 0 saturated carbocycles. The van der Waals surface area contributed by atoms with Gasteiger partial charge in [0.1, 0.15) is 11.9 Å². The zero-order chi connectivity index (χ0) is 17.9. The summed E-state index contributed by atoms with van der Waals surface area (Å²) in [6, 6.07) is 15.0. The van der Waals surface area contributed by atoms with Crippen molar-refractivity contribution in [3.63, 3.8) is 0 Å². The highest BCUT2D eigenvalue weighted by Gasteiger charge is 2.24. The van der Waals surface area contributed by atoms with E-state index >= 15 is 0 Å². The fraction of sp³-hybridized carbons (Fsp3) is 0.250. The molecular weight excluding hydrogens is 350 g/mol. The number of nitrogens with zero attached hydrogens (tertiary/aromatic N) is 3. The van der Waals surface area contributed by atoms with Gasteiger partial charge in [-0.05, 0) is 30.3 Å². The predicted octanol–water partition coefficient (Wildman–Crippen LogP) is 4.14. The molecule has 26 heavy (non-hydrogen) atoms. The Morgan fingerprint density at radius 1 is 1.04 bits per heavy atom. The minimum absolute atomic E-state index is 0.139. The van der Waals surface area contributed by atoms with Gasteiger partial charge >= 0.3 is 0 Å². The number of aromatic nitrogens is 2. The first kappa shape index (κ1) is 16.8. The van der Waals surface area contributed by atoms with Crippen LogP contribution in [0.1, 0.15) is 23.2 Å². The number of benzene rings is 2. The second-order valence-corrected chi connectivity index (χ2v) is 6.77. The van der Waals surface area contributed by atoms with Crippen LogP contribution in [0, 0.1) is 0 Å². The van der Waals surface area contributed by atoms with Gasteiger partial charge in [-0.1, -0.05) is 29.8 Å². The second-order valence-electron chi connectivity index (χ2n) is 6.33. The van der Waals surface area contributed by atoms with Gasteiger partial charge in [-0.15, -0.1) is 10.2 Å². The van der Waals surface area contributed by atoms with Crippen LogP contribution in [0.3, 0.4) is 0 Å². The van der Waals surface area contributed by atoms with Gasteiger partial charge < -0.3 is 9.64 Å². The number of rotatable bonds is 4. The number of fused-ring (bicyclic) bond motifs is 1. The van der Waals surface area contributed by atoms with Crippen molar-refractivity contribution >= 4 is 34.6 Å². The number of carbonyl (C=O) groups excluding carboxylic acids is 1. The Kier molecular flexibility index (Phi) is 4.71. The van der Waals surface area contributed by atoms with Gasteiger partial charge in [-0.25, -0.2) is 0 Å². The Bertz CT molecular complexity index is 922. The normalized spacial score (nSPS) is 15.2. The number of aldehydes is 1. The number of anilines is 1. The molecule has 6 heteroatoms. The number of piperidine rings is 1. The maximum atomic E-state index is 11.7. The van der Waals surface area contributed by atoms with Crippen LogP contribution in [0.2, 0.25) is 5.02 Å². The standard InChI is InChI=1S/C20H18ClN3O2/c21-14-5-7-15(8-6-14)26-16-9-11-24(12-10-16)20-18(13-25)17-3-1-2-4-19(17)22-23-20/h1-8,13,16H,9-12H2. The minimum Gasteiger partial charge on any atom is -0.490 e. The Morgan fingerprint density at radius 2 is 1.77 bits per heavy atom. The van der Waals surface area contributed by atoms with E-state index in [2.05, 4.69) is 15.1 Å². The third-order valence-electron chi connectivity index (χ3n) is 4.66. The molecule has 2 heterocycles. The molecule has 1 aliphatic heterocycles. The second kappa shape index (κ2) is 7.30. The molecule has 0 amide bonds. The summed E-state index contributed by atoms with van der Waals surface area (Å²) >= 11 is 5.91. The summed E-state index contributed by atoms with van der Waals surface area (Å²) in [5, 5.41) is 10.1. The van der Waals surface area contributed by atoms with Crippen LogP contribution in [0.5, 0.6) is 5.75 Å². The van der Waals surface area contributed by atoms with E-state index in [0.29, 0.717) is 16.4 Å². The summed E-state index contributed by atoms with van der Waals surface area (Å²) < 4.78 is 6.03. The summed E-state index contributed by atoms with van der Waals surface area (Å²) in [5.74, 6) is 1.48. The highest BCUT2D eigenvalue weighted by Crippen LogP contribution is 2.27. The van der Waals surface area contributed by atoms with Crippen molar-refractivity contribution in [3.05, 3.63) is 59.1 Å². The molecule has 1 aromatic heterocycles. The lowest BCUT2D eigenvalue weighted by Gasteiger charge is -2.33. The molecule has 5 nitrogen and oxygen atoms in total. The average molecular weight is 368 g/mol. The van der Waals surface area contributed by atoms with E-state index < -0.39 is 0 Å². The molecule has 2 aromatic carbocycles. The summed E-state index contributed by atoms with van der Waals surface area (Å²) in [4.78, 5) is 13.8. The molecule has 3 aromatic rings. The van der Waals surface area contributed by atoms with Crippen molar-refractivity contribution in [2.24, 2.45) is 0 Å². The number of ether oxygens (including phenoxy) is 1. The summed E-state index contributed by atoms with van der Waals surface area (Å²) in [5.41, 5.74) is 1.34. The summed E-state index contributed by atoms with van der Waals surface area (Å²) in [6.45, 7) is 1.54. The van der Waals surface area contributed by atoms with Gasteiger partial charge in [-0.2, -0.15) is 0 Å². The van der Waals surface area contributed by atoms with Gasteiger partial charge in [0.2, 0.25) is 0 Å². The lowest BCUT2D eigenvalue weighted by atomic mass is 10.1. The van der Waals surface area contributed by atoms with Gasteiger partial charge in [-0.3, -0.25) is 4.79 Å². The van der Waals surface area contributed by atoms with Crippen LogP contribution in [0.4, 0.5) is 5.82 Å². The molecule has 1 aliphatic rings. The van der Waals surface area contributed by atoms with E-state index in [9.17, 15) is 4.79 Å². The van der Waals surface area contributed by atoms with Gasteiger partial charge in [0.15, 0.2) is 12.1 Å². The Labute approximate surface area is 156 Å². The maximum Gasteiger partial charge on any atom is 0.162 e. The van der Waals surface area contributed by atoms with E-state index in [-0.39, 0.29) is 6.10 Å². The van der Waals surface area contributed by atoms with E-state index in [1.165, 1.54) is 0 Å². The lowest BCUT2D eigenvalue weighted by Crippen LogP contribution is -2.39. The Morgan fingerprint density at radius 3 is 2.50 bits per heavy atom. The smallest absolute Gasteiger partial charge is 0.162 e.